The molecular formula is C23H28N2O6. The van der Waals surface area contributed by atoms with Crippen molar-refractivity contribution in [3.8, 4) is 11.5 Å². The lowest BCUT2D eigenvalue weighted by Gasteiger charge is -2.18. The Labute approximate surface area is 182 Å². The summed E-state index contributed by atoms with van der Waals surface area (Å²) < 4.78 is 15.6. The van der Waals surface area contributed by atoms with E-state index in [-0.39, 0.29) is 11.5 Å². The number of amides is 2. The number of hydrogen-bond donors (Lipinski definition) is 1. The molecule has 0 aliphatic carbocycles. The third kappa shape index (κ3) is 5.97. The first-order chi connectivity index (χ1) is 14.8. The monoisotopic (exact) mass is 428 g/mol. The summed E-state index contributed by atoms with van der Waals surface area (Å²) in [5.74, 6) is -0.278. The second-order valence-electron chi connectivity index (χ2n) is 6.68. The van der Waals surface area contributed by atoms with Crippen molar-refractivity contribution in [3.05, 3.63) is 53.1 Å². The number of rotatable bonds is 9. The highest BCUT2D eigenvalue weighted by atomic mass is 16.5. The number of nitrogens with one attached hydrogen (secondary N) is 1. The number of esters is 1. The molecule has 0 fully saturated rings. The second-order valence-corrected chi connectivity index (χ2v) is 6.68. The van der Waals surface area contributed by atoms with Crippen molar-refractivity contribution in [1.82, 2.24) is 4.90 Å². The summed E-state index contributed by atoms with van der Waals surface area (Å²) in [6.07, 6.45) is 0. The summed E-state index contributed by atoms with van der Waals surface area (Å²) in [6, 6.07) is 9.62. The van der Waals surface area contributed by atoms with Gasteiger partial charge in [0, 0.05) is 29.9 Å². The van der Waals surface area contributed by atoms with Crippen molar-refractivity contribution >= 4 is 23.5 Å². The van der Waals surface area contributed by atoms with Crippen LogP contribution in [0.4, 0.5) is 5.69 Å². The predicted octanol–water partition coefficient (Wildman–Crippen LogP) is 3.29. The smallest absolute Gasteiger partial charge is 0.338 e. The van der Waals surface area contributed by atoms with Crippen LogP contribution in [0.15, 0.2) is 36.4 Å². The van der Waals surface area contributed by atoms with E-state index in [4.69, 9.17) is 14.2 Å². The molecule has 0 bridgehead atoms. The molecule has 0 heterocycles. The van der Waals surface area contributed by atoms with E-state index in [9.17, 15) is 14.4 Å². The zero-order chi connectivity index (χ0) is 23.0. The molecule has 31 heavy (non-hydrogen) atoms. The van der Waals surface area contributed by atoms with Gasteiger partial charge in [-0.15, -0.1) is 0 Å². The highest BCUT2D eigenvalue weighted by Crippen LogP contribution is 2.29. The number of methoxy groups -OCH3 is 2. The Hall–Kier alpha value is -3.55. The van der Waals surface area contributed by atoms with Crippen molar-refractivity contribution in [2.75, 3.05) is 39.2 Å². The molecule has 0 aromatic heterocycles. The Morgan fingerprint density at radius 3 is 1.94 bits per heavy atom. The van der Waals surface area contributed by atoms with Crippen molar-refractivity contribution in [1.29, 1.82) is 0 Å². The molecule has 166 valence electrons. The van der Waals surface area contributed by atoms with Crippen LogP contribution in [0.2, 0.25) is 0 Å². The van der Waals surface area contributed by atoms with E-state index in [1.54, 1.807) is 36.1 Å². The molecule has 2 aromatic rings. The number of benzene rings is 2. The lowest BCUT2D eigenvalue weighted by Crippen LogP contribution is -2.30. The van der Waals surface area contributed by atoms with Crippen LogP contribution >= 0.6 is 0 Å². The van der Waals surface area contributed by atoms with E-state index in [2.05, 4.69) is 5.32 Å². The number of nitrogens with zero attached hydrogens (tertiary/aromatic N) is 1. The summed E-state index contributed by atoms with van der Waals surface area (Å²) in [5.41, 5.74) is 2.00. The lowest BCUT2D eigenvalue weighted by molar-refractivity contribution is -0.119. The highest BCUT2D eigenvalue weighted by molar-refractivity contribution is 5.97. The number of hydrogen-bond acceptors (Lipinski definition) is 6. The molecule has 0 saturated heterocycles. The van der Waals surface area contributed by atoms with Crippen molar-refractivity contribution < 1.29 is 28.6 Å². The molecule has 0 aliphatic heterocycles. The maximum absolute atomic E-state index is 12.3. The van der Waals surface area contributed by atoms with Crippen LogP contribution in [-0.2, 0) is 9.53 Å². The average molecular weight is 428 g/mol. The fourth-order valence-corrected chi connectivity index (χ4v) is 3.00. The molecule has 0 saturated carbocycles. The first-order valence-corrected chi connectivity index (χ1v) is 9.93. The van der Waals surface area contributed by atoms with Crippen LogP contribution in [-0.4, -0.2) is 56.6 Å². The molecule has 0 atom stereocenters. The van der Waals surface area contributed by atoms with Gasteiger partial charge in [-0.05, 0) is 57.2 Å². The topological polar surface area (TPSA) is 94.2 Å². The minimum Gasteiger partial charge on any atom is -0.496 e. The quantitative estimate of drug-likeness (QED) is 0.616. The second kappa shape index (κ2) is 11.0. The summed E-state index contributed by atoms with van der Waals surface area (Å²) in [5, 5.41) is 2.64. The zero-order valence-corrected chi connectivity index (χ0v) is 18.5. The SMILES string of the molecule is CCN(CC)C(=O)c1ccc(NC(=O)COC(=O)c2cc(OC)c(C)c(OC)c2)cc1. The molecule has 2 rings (SSSR count). The fraction of sp³-hybridized carbons (Fsp3) is 0.348. The minimum absolute atomic E-state index is 0.0687. The maximum atomic E-state index is 12.3. The summed E-state index contributed by atoms with van der Waals surface area (Å²) in [6.45, 7) is 6.43. The van der Waals surface area contributed by atoms with Gasteiger partial charge in [-0.3, -0.25) is 9.59 Å². The van der Waals surface area contributed by atoms with Crippen LogP contribution in [0, 0.1) is 6.92 Å². The Balaban J connectivity index is 1.96. The normalized spacial score (nSPS) is 10.2. The Bertz CT molecular complexity index is 911. The molecular weight excluding hydrogens is 400 g/mol. The van der Waals surface area contributed by atoms with Gasteiger partial charge in [0.15, 0.2) is 6.61 Å². The lowest BCUT2D eigenvalue weighted by atomic mass is 10.1. The van der Waals surface area contributed by atoms with Gasteiger partial charge in [0.05, 0.1) is 19.8 Å². The number of carbonyl (C=O) groups excluding carboxylic acids is 3. The zero-order valence-electron chi connectivity index (χ0n) is 18.5. The molecule has 0 radical (unpaired) electrons. The maximum Gasteiger partial charge on any atom is 0.338 e. The van der Waals surface area contributed by atoms with E-state index in [0.29, 0.717) is 35.8 Å². The van der Waals surface area contributed by atoms with Gasteiger partial charge in [0.25, 0.3) is 11.8 Å². The summed E-state index contributed by atoms with van der Waals surface area (Å²) in [4.78, 5) is 38.5. The van der Waals surface area contributed by atoms with Gasteiger partial charge in [-0.25, -0.2) is 4.79 Å². The molecule has 2 aromatic carbocycles. The summed E-state index contributed by atoms with van der Waals surface area (Å²) >= 11 is 0. The number of anilines is 1. The molecule has 2 amide bonds. The van der Waals surface area contributed by atoms with Gasteiger partial charge in [-0.2, -0.15) is 0 Å². The van der Waals surface area contributed by atoms with Crippen LogP contribution < -0.4 is 14.8 Å². The van der Waals surface area contributed by atoms with Gasteiger partial charge in [0.1, 0.15) is 11.5 Å². The van der Waals surface area contributed by atoms with E-state index in [0.717, 1.165) is 5.56 Å². The van der Waals surface area contributed by atoms with Gasteiger partial charge in [-0.1, -0.05) is 0 Å². The van der Waals surface area contributed by atoms with E-state index in [1.165, 1.54) is 26.4 Å². The van der Waals surface area contributed by atoms with Crippen LogP contribution in [0.1, 0.15) is 40.1 Å². The van der Waals surface area contributed by atoms with E-state index in [1.807, 2.05) is 13.8 Å². The van der Waals surface area contributed by atoms with Crippen molar-refractivity contribution in [3.63, 3.8) is 0 Å². The first kappa shape index (κ1) is 23.7. The Morgan fingerprint density at radius 1 is 0.903 bits per heavy atom. The Kier molecular flexibility index (Phi) is 8.43. The number of carbonyl (C=O) groups is 3. The minimum atomic E-state index is -0.674. The van der Waals surface area contributed by atoms with Crippen LogP contribution in [0.5, 0.6) is 11.5 Å². The number of ether oxygens (including phenoxy) is 3. The third-order valence-corrected chi connectivity index (χ3v) is 4.79. The van der Waals surface area contributed by atoms with Crippen LogP contribution in [0.25, 0.3) is 0 Å². The van der Waals surface area contributed by atoms with Gasteiger partial charge >= 0.3 is 5.97 Å². The Morgan fingerprint density at radius 2 is 1.45 bits per heavy atom. The summed E-state index contributed by atoms with van der Waals surface area (Å²) in [7, 11) is 2.98. The highest BCUT2D eigenvalue weighted by Gasteiger charge is 2.16. The molecule has 0 aliphatic rings. The standard InChI is InChI=1S/C23H28N2O6/c1-6-25(7-2)22(27)16-8-10-18(11-9-16)24-21(26)14-31-23(28)17-12-19(29-4)15(3)20(13-17)30-5/h8-13H,6-7,14H2,1-5H3,(H,24,26). The molecule has 0 spiro atoms. The third-order valence-electron chi connectivity index (χ3n) is 4.79. The largest absolute Gasteiger partial charge is 0.496 e. The molecule has 8 heteroatoms. The van der Waals surface area contributed by atoms with Crippen molar-refractivity contribution in [2.45, 2.75) is 20.8 Å². The van der Waals surface area contributed by atoms with Crippen molar-refractivity contribution in [2.24, 2.45) is 0 Å². The molecule has 0 unspecified atom stereocenters. The van der Waals surface area contributed by atoms with Crippen LogP contribution in [0.3, 0.4) is 0 Å². The van der Waals surface area contributed by atoms with Gasteiger partial charge < -0.3 is 24.4 Å². The van der Waals surface area contributed by atoms with E-state index < -0.39 is 18.5 Å². The van der Waals surface area contributed by atoms with Gasteiger partial charge in [0.2, 0.25) is 0 Å². The predicted molar refractivity (Wildman–Crippen MR) is 117 cm³/mol. The first-order valence-electron chi connectivity index (χ1n) is 9.93. The molecule has 8 nitrogen and oxygen atoms in total. The average Bonchev–Trinajstić information content (AvgIpc) is 2.78. The fourth-order valence-electron chi connectivity index (χ4n) is 3.00. The molecule has 1 N–H and O–H groups in total. The van der Waals surface area contributed by atoms with E-state index >= 15 is 0 Å².